The van der Waals surface area contributed by atoms with Crippen molar-refractivity contribution < 1.29 is 4.74 Å². The van der Waals surface area contributed by atoms with Crippen molar-refractivity contribution in [2.75, 3.05) is 39.8 Å². The summed E-state index contributed by atoms with van der Waals surface area (Å²) in [5.74, 6) is 1.49. The summed E-state index contributed by atoms with van der Waals surface area (Å²) in [6.07, 6.45) is 3.84. The molecular weight excluding hydrogens is 212 g/mol. The van der Waals surface area contributed by atoms with E-state index in [-0.39, 0.29) is 5.60 Å². The van der Waals surface area contributed by atoms with Gasteiger partial charge in [0, 0.05) is 26.7 Å². The minimum Gasteiger partial charge on any atom is -0.377 e. The predicted molar refractivity (Wildman–Crippen MR) is 71.2 cm³/mol. The Bertz CT molecular complexity index is 223. The fraction of sp³-hybridized carbons (Fsp3) is 1.00. The van der Waals surface area contributed by atoms with Crippen LogP contribution in [0.3, 0.4) is 0 Å². The predicted octanol–water partition coefficient (Wildman–Crippen LogP) is 1.73. The lowest BCUT2D eigenvalue weighted by atomic mass is 9.79. The molecule has 3 heteroatoms. The van der Waals surface area contributed by atoms with Crippen LogP contribution in [0.2, 0.25) is 0 Å². The summed E-state index contributed by atoms with van der Waals surface area (Å²) in [5, 5.41) is 3.55. The molecule has 2 atom stereocenters. The molecule has 0 spiro atoms. The summed E-state index contributed by atoms with van der Waals surface area (Å²) in [6.45, 7) is 10.6. The van der Waals surface area contributed by atoms with Gasteiger partial charge < -0.3 is 10.1 Å². The summed E-state index contributed by atoms with van der Waals surface area (Å²) in [4.78, 5) is 2.64. The molecule has 0 aromatic carbocycles. The van der Waals surface area contributed by atoms with Crippen LogP contribution in [-0.4, -0.2) is 50.3 Å². The van der Waals surface area contributed by atoms with Crippen LogP contribution in [0.25, 0.3) is 0 Å². The Morgan fingerprint density at radius 1 is 1.18 bits per heavy atom. The van der Waals surface area contributed by atoms with Crippen LogP contribution in [0.15, 0.2) is 0 Å². The molecule has 17 heavy (non-hydrogen) atoms. The topological polar surface area (TPSA) is 24.5 Å². The highest BCUT2D eigenvalue weighted by Gasteiger charge is 2.39. The van der Waals surface area contributed by atoms with Crippen molar-refractivity contribution in [2.45, 2.75) is 38.7 Å². The molecule has 0 bridgehead atoms. The Morgan fingerprint density at radius 3 is 2.18 bits per heavy atom. The zero-order valence-corrected chi connectivity index (χ0v) is 11.7. The summed E-state index contributed by atoms with van der Waals surface area (Å²) in [7, 11) is 1.89. The first kappa shape index (κ1) is 13.3. The Morgan fingerprint density at radius 2 is 1.76 bits per heavy atom. The number of rotatable bonds is 3. The lowest BCUT2D eigenvalue weighted by Gasteiger charge is -2.45. The van der Waals surface area contributed by atoms with Crippen LogP contribution in [0.5, 0.6) is 0 Å². The molecule has 1 heterocycles. The van der Waals surface area contributed by atoms with Gasteiger partial charge in [-0.05, 0) is 44.2 Å². The van der Waals surface area contributed by atoms with Gasteiger partial charge in [-0.3, -0.25) is 4.90 Å². The minimum absolute atomic E-state index is 0.187. The molecule has 0 aromatic rings. The zero-order valence-electron chi connectivity index (χ0n) is 11.7. The molecule has 2 fully saturated rings. The third-order valence-corrected chi connectivity index (χ3v) is 4.33. The normalized spacial score (nSPS) is 34.8. The second kappa shape index (κ2) is 5.68. The highest BCUT2D eigenvalue weighted by atomic mass is 16.5. The number of methoxy groups -OCH3 is 1. The van der Waals surface area contributed by atoms with Gasteiger partial charge >= 0.3 is 0 Å². The van der Waals surface area contributed by atoms with E-state index in [1.807, 2.05) is 7.11 Å². The highest BCUT2D eigenvalue weighted by molar-refractivity contribution is 4.93. The quantitative estimate of drug-likeness (QED) is 0.813. The molecule has 0 amide bonds. The molecule has 2 unspecified atom stereocenters. The van der Waals surface area contributed by atoms with Crippen LogP contribution in [0.1, 0.15) is 33.1 Å². The van der Waals surface area contributed by atoms with E-state index in [0.717, 1.165) is 31.5 Å². The zero-order chi connectivity index (χ0) is 12.3. The maximum atomic E-state index is 5.76. The van der Waals surface area contributed by atoms with Crippen molar-refractivity contribution in [3.8, 4) is 0 Å². The molecule has 1 aliphatic carbocycles. The molecule has 2 rings (SSSR count). The van der Waals surface area contributed by atoms with Gasteiger partial charge in [0.25, 0.3) is 0 Å². The van der Waals surface area contributed by atoms with Crippen molar-refractivity contribution in [3.05, 3.63) is 0 Å². The average molecular weight is 240 g/mol. The fourth-order valence-corrected chi connectivity index (χ4v) is 3.20. The van der Waals surface area contributed by atoms with Gasteiger partial charge in [0.2, 0.25) is 0 Å². The van der Waals surface area contributed by atoms with Gasteiger partial charge in [-0.1, -0.05) is 13.8 Å². The Hall–Kier alpha value is -0.120. The monoisotopic (exact) mass is 240 g/mol. The van der Waals surface area contributed by atoms with Crippen LogP contribution in [0.4, 0.5) is 0 Å². The smallest absolute Gasteiger partial charge is 0.0805 e. The SMILES string of the molecule is COC1(CN2CC(C)CNCC(C)C2)CCC1. The molecule has 0 aromatic heterocycles. The molecule has 2 aliphatic rings. The second-order valence-corrected chi connectivity index (χ2v) is 6.30. The third kappa shape index (κ3) is 3.43. The molecular formula is C14H28N2O. The van der Waals surface area contributed by atoms with Crippen LogP contribution >= 0.6 is 0 Å². The maximum absolute atomic E-state index is 5.76. The van der Waals surface area contributed by atoms with E-state index in [1.54, 1.807) is 0 Å². The average Bonchev–Trinajstić information content (AvgIpc) is 2.20. The minimum atomic E-state index is 0.187. The fourth-order valence-electron chi connectivity index (χ4n) is 3.20. The number of nitrogens with zero attached hydrogens (tertiary/aromatic N) is 1. The van der Waals surface area contributed by atoms with E-state index >= 15 is 0 Å². The number of hydrogen-bond donors (Lipinski definition) is 1. The molecule has 0 radical (unpaired) electrons. The third-order valence-electron chi connectivity index (χ3n) is 4.33. The lowest BCUT2D eigenvalue weighted by molar-refractivity contribution is -0.0948. The van der Waals surface area contributed by atoms with E-state index in [0.29, 0.717) is 0 Å². The van der Waals surface area contributed by atoms with E-state index in [2.05, 4.69) is 24.1 Å². The van der Waals surface area contributed by atoms with Gasteiger partial charge in [0.1, 0.15) is 0 Å². The molecule has 3 nitrogen and oxygen atoms in total. The summed E-state index contributed by atoms with van der Waals surface area (Å²) in [5.41, 5.74) is 0.187. The molecule has 1 aliphatic heterocycles. The van der Waals surface area contributed by atoms with E-state index in [1.165, 1.54) is 32.4 Å². The van der Waals surface area contributed by atoms with Crippen LogP contribution in [-0.2, 0) is 4.74 Å². The summed E-state index contributed by atoms with van der Waals surface area (Å²) in [6, 6.07) is 0. The first-order chi connectivity index (χ1) is 8.13. The van der Waals surface area contributed by atoms with Crippen LogP contribution in [0, 0.1) is 11.8 Å². The Balaban J connectivity index is 1.91. The van der Waals surface area contributed by atoms with Gasteiger partial charge in [0.05, 0.1) is 5.60 Å². The van der Waals surface area contributed by atoms with Crippen molar-refractivity contribution in [1.29, 1.82) is 0 Å². The lowest BCUT2D eigenvalue weighted by Crippen LogP contribution is -2.53. The highest BCUT2D eigenvalue weighted by Crippen LogP contribution is 2.36. The number of nitrogens with one attached hydrogen (secondary N) is 1. The summed E-state index contributed by atoms with van der Waals surface area (Å²) < 4.78 is 5.76. The number of ether oxygens (including phenoxy) is 1. The molecule has 1 saturated heterocycles. The Kier molecular flexibility index (Phi) is 4.45. The van der Waals surface area contributed by atoms with Gasteiger partial charge in [-0.15, -0.1) is 0 Å². The van der Waals surface area contributed by atoms with Crippen molar-refractivity contribution in [3.63, 3.8) is 0 Å². The van der Waals surface area contributed by atoms with E-state index in [4.69, 9.17) is 4.74 Å². The van der Waals surface area contributed by atoms with E-state index in [9.17, 15) is 0 Å². The van der Waals surface area contributed by atoms with Crippen molar-refractivity contribution in [2.24, 2.45) is 11.8 Å². The second-order valence-electron chi connectivity index (χ2n) is 6.30. The van der Waals surface area contributed by atoms with Gasteiger partial charge in [0.15, 0.2) is 0 Å². The van der Waals surface area contributed by atoms with Crippen molar-refractivity contribution >= 4 is 0 Å². The Labute approximate surface area is 106 Å². The standard InChI is InChI=1S/C14H28N2O/c1-12-7-15-8-13(2)10-16(9-12)11-14(17-3)5-4-6-14/h12-13,15H,4-11H2,1-3H3. The molecule has 1 saturated carbocycles. The number of hydrogen-bond acceptors (Lipinski definition) is 3. The van der Waals surface area contributed by atoms with E-state index < -0.39 is 0 Å². The first-order valence-electron chi connectivity index (χ1n) is 7.12. The van der Waals surface area contributed by atoms with Crippen molar-refractivity contribution in [1.82, 2.24) is 10.2 Å². The van der Waals surface area contributed by atoms with Crippen LogP contribution < -0.4 is 5.32 Å². The summed E-state index contributed by atoms with van der Waals surface area (Å²) >= 11 is 0. The largest absolute Gasteiger partial charge is 0.377 e. The molecule has 1 N–H and O–H groups in total. The van der Waals surface area contributed by atoms with Gasteiger partial charge in [-0.25, -0.2) is 0 Å². The molecule has 100 valence electrons. The maximum Gasteiger partial charge on any atom is 0.0805 e. The van der Waals surface area contributed by atoms with Gasteiger partial charge in [-0.2, -0.15) is 0 Å². The first-order valence-corrected chi connectivity index (χ1v) is 7.12.